The van der Waals surface area contributed by atoms with E-state index in [1.54, 1.807) is 12.3 Å². The molecule has 0 spiro atoms. The van der Waals surface area contributed by atoms with Gasteiger partial charge < -0.3 is 15.2 Å². The van der Waals surface area contributed by atoms with Crippen molar-refractivity contribution >= 4 is 0 Å². The van der Waals surface area contributed by atoms with Crippen molar-refractivity contribution in [3.63, 3.8) is 0 Å². The van der Waals surface area contributed by atoms with Crippen LogP contribution < -0.4 is 11.3 Å². The van der Waals surface area contributed by atoms with E-state index in [4.69, 9.17) is 10.3 Å². The van der Waals surface area contributed by atoms with Crippen molar-refractivity contribution in [2.24, 2.45) is 11.7 Å². The zero-order valence-electron chi connectivity index (χ0n) is 11.4. The summed E-state index contributed by atoms with van der Waals surface area (Å²) in [6, 6.07) is 3.16. The third kappa shape index (κ3) is 2.38. The van der Waals surface area contributed by atoms with Crippen molar-refractivity contribution in [1.82, 2.24) is 15.1 Å². The van der Waals surface area contributed by atoms with Crippen LogP contribution in [0, 0.1) is 5.92 Å². The molecule has 1 fully saturated rings. The molecule has 20 heavy (non-hydrogen) atoms. The summed E-state index contributed by atoms with van der Waals surface area (Å²) in [5.41, 5.74) is 6.32. The number of aromatic amines is 1. The zero-order chi connectivity index (χ0) is 14.2. The van der Waals surface area contributed by atoms with E-state index in [2.05, 4.69) is 22.0 Å². The third-order valence-corrected chi connectivity index (χ3v) is 4.06. The standard InChI is InChI=1S/C14H18N4O2/c1-9-2-5-14(15,6-3-9)13-17-12(20-18-13)10-4-7-16-11(19)8-10/h4,7-9H,2-3,5-6,15H2,1H3,(H,16,19). The molecule has 1 aliphatic carbocycles. The minimum Gasteiger partial charge on any atom is -0.334 e. The number of rotatable bonds is 2. The van der Waals surface area contributed by atoms with Gasteiger partial charge >= 0.3 is 0 Å². The van der Waals surface area contributed by atoms with Crippen molar-refractivity contribution in [1.29, 1.82) is 0 Å². The summed E-state index contributed by atoms with van der Waals surface area (Å²) in [5, 5.41) is 4.02. The van der Waals surface area contributed by atoms with Crippen LogP contribution in [0.2, 0.25) is 0 Å². The van der Waals surface area contributed by atoms with E-state index < -0.39 is 5.54 Å². The number of nitrogens with one attached hydrogen (secondary N) is 1. The Morgan fingerprint density at radius 2 is 2.20 bits per heavy atom. The van der Waals surface area contributed by atoms with E-state index in [1.165, 1.54) is 6.07 Å². The highest BCUT2D eigenvalue weighted by Gasteiger charge is 2.36. The average Bonchev–Trinajstić information content (AvgIpc) is 2.93. The van der Waals surface area contributed by atoms with Gasteiger partial charge in [-0.3, -0.25) is 4.79 Å². The molecule has 2 aromatic heterocycles. The molecule has 3 rings (SSSR count). The monoisotopic (exact) mass is 274 g/mol. The molecule has 0 aliphatic heterocycles. The van der Waals surface area contributed by atoms with Crippen molar-refractivity contribution < 1.29 is 4.52 Å². The fourth-order valence-electron chi connectivity index (χ4n) is 2.62. The molecule has 0 unspecified atom stereocenters. The maximum absolute atomic E-state index is 11.3. The first-order chi connectivity index (χ1) is 9.57. The molecule has 2 heterocycles. The molecule has 6 nitrogen and oxygen atoms in total. The quantitative estimate of drug-likeness (QED) is 0.870. The number of aromatic nitrogens is 3. The second-order valence-electron chi connectivity index (χ2n) is 5.70. The van der Waals surface area contributed by atoms with E-state index in [-0.39, 0.29) is 5.56 Å². The van der Waals surface area contributed by atoms with Crippen molar-refractivity contribution in [3.8, 4) is 11.5 Å². The molecule has 3 N–H and O–H groups in total. The summed E-state index contributed by atoms with van der Waals surface area (Å²) in [6.07, 6.45) is 5.43. The molecular weight excluding hydrogens is 256 g/mol. The number of nitrogens with two attached hydrogens (primary N) is 1. The topological polar surface area (TPSA) is 97.8 Å². The lowest BCUT2D eigenvalue weighted by atomic mass is 9.77. The predicted molar refractivity (Wildman–Crippen MR) is 73.9 cm³/mol. The van der Waals surface area contributed by atoms with Gasteiger partial charge in [-0.2, -0.15) is 4.98 Å². The first kappa shape index (κ1) is 13.1. The normalized spacial score (nSPS) is 26.6. The van der Waals surface area contributed by atoms with Gasteiger partial charge in [-0.1, -0.05) is 12.1 Å². The number of hydrogen-bond donors (Lipinski definition) is 2. The number of pyridine rings is 1. The highest BCUT2D eigenvalue weighted by Crippen LogP contribution is 2.36. The number of hydrogen-bond acceptors (Lipinski definition) is 5. The third-order valence-electron chi connectivity index (χ3n) is 4.06. The summed E-state index contributed by atoms with van der Waals surface area (Å²) in [4.78, 5) is 18.2. The Kier molecular flexibility index (Phi) is 3.17. The summed E-state index contributed by atoms with van der Waals surface area (Å²) in [5.74, 6) is 1.58. The van der Waals surface area contributed by atoms with E-state index in [9.17, 15) is 4.79 Å². The molecule has 0 aromatic carbocycles. The van der Waals surface area contributed by atoms with Crippen LogP contribution in [0.3, 0.4) is 0 Å². The van der Waals surface area contributed by atoms with Gasteiger partial charge in [0.25, 0.3) is 5.89 Å². The Bertz CT molecular complexity index is 653. The van der Waals surface area contributed by atoms with Crippen molar-refractivity contribution in [2.45, 2.75) is 38.1 Å². The lowest BCUT2D eigenvalue weighted by Crippen LogP contribution is -2.41. The van der Waals surface area contributed by atoms with Gasteiger partial charge in [0.15, 0.2) is 5.82 Å². The van der Waals surface area contributed by atoms with E-state index in [0.29, 0.717) is 23.2 Å². The summed E-state index contributed by atoms with van der Waals surface area (Å²) >= 11 is 0. The largest absolute Gasteiger partial charge is 0.334 e. The van der Waals surface area contributed by atoms with Crippen molar-refractivity contribution in [3.05, 3.63) is 34.5 Å². The van der Waals surface area contributed by atoms with Gasteiger partial charge in [-0.25, -0.2) is 0 Å². The molecule has 6 heteroatoms. The lowest BCUT2D eigenvalue weighted by molar-refractivity contribution is 0.230. The Morgan fingerprint density at radius 1 is 1.45 bits per heavy atom. The molecule has 0 amide bonds. The maximum atomic E-state index is 11.3. The van der Waals surface area contributed by atoms with Gasteiger partial charge in [0, 0.05) is 17.8 Å². The summed E-state index contributed by atoms with van der Waals surface area (Å²) in [6.45, 7) is 2.23. The average molecular weight is 274 g/mol. The van der Waals surface area contributed by atoms with Crippen LogP contribution in [0.15, 0.2) is 27.6 Å². The highest BCUT2D eigenvalue weighted by atomic mass is 16.5. The van der Waals surface area contributed by atoms with E-state index >= 15 is 0 Å². The van der Waals surface area contributed by atoms with Crippen LogP contribution in [0.5, 0.6) is 0 Å². The Morgan fingerprint density at radius 3 is 2.90 bits per heavy atom. The van der Waals surface area contributed by atoms with Crippen molar-refractivity contribution in [2.75, 3.05) is 0 Å². The van der Waals surface area contributed by atoms with Crippen LogP contribution in [0.25, 0.3) is 11.5 Å². The van der Waals surface area contributed by atoms with Gasteiger partial charge in [0.05, 0.1) is 5.54 Å². The van der Waals surface area contributed by atoms with Crippen LogP contribution in [-0.2, 0) is 5.54 Å². The first-order valence-electron chi connectivity index (χ1n) is 6.89. The fraction of sp³-hybridized carbons (Fsp3) is 0.500. The molecule has 2 aromatic rings. The Labute approximate surface area is 116 Å². The SMILES string of the molecule is CC1CCC(N)(c2noc(-c3cc[nH]c(=O)c3)n2)CC1. The minimum absolute atomic E-state index is 0.198. The highest BCUT2D eigenvalue weighted by molar-refractivity contribution is 5.51. The fourth-order valence-corrected chi connectivity index (χ4v) is 2.62. The summed E-state index contributed by atoms with van der Waals surface area (Å²) in [7, 11) is 0. The summed E-state index contributed by atoms with van der Waals surface area (Å²) < 4.78 is 5.26. The molecule has 1 saturated carbocycles. The van der Waals surface area contributed by atoms with Gasteiger partial charge in [-0.05, 0) is 37.7 Å². The maximum Gasteiger partial charge on any atom is 0.258 e. The van der Waals surface area contributed by atoms with Gasteiger partial charge in [0.2, 0.25) is 5.56 Å². The molecular formula is C14H18N4O2. The lowest BCUT2D eigenvalue weighted by Gasteiger charge is -2.33. The van der Waals surface area contributed by atoms with Crippen LogP contribution in [0.1, 0.15) is 38.4 Å². The first-order valence-corrected chi connectivity index (χ1v) is 6.89. The molecule has 0 atom stereocenters. The minimum atomic E-state index is -0.505. The molecule has 0 radical (unpaired) electrons. The zero-order valence-corrected chi connectivity index (χ0v) is 11.4. The number of H-pyrrole nitrogens is 1. The second-order valence-corrected chi connectivity index (χ2v) is 5.70. The van der Waals surface area contributed by atoms with E-state index in [1.807, 2.05) is 0 Å². The molecule has 1 aliphatic rings. The Balaban J connectivity index is 1.89. The smallest absolute Gasteiger partial charge is 0.258 e. The molecule has 106 valence electrons. The van der Waals surface area contributed by atoms with Crippen LogP contribution in [-0.4, -0.2) is 15.1 Å². The second kappa shape index (κ2) is 4.86. The molecule has 0 saturated heterocycles. The molecule has 0 bridgehead atoms. The van der Waals surface area contributed by atoms with E-state index in [0.717, 1.165) is 25.7 Å². The van der Waals surface area contributed by atoms with Gasteiger partial charge in [-0.15, -0.1) is 0 Å². The Hall–Kier alpha value is -1.95. The van der Waals surface area contributed by atoms with Gasteiger partial charge in [0.1, 0.15) is 0 Å². The predicted octanol–water partition coefficient (Wildman–Crippen LogP) is 1.79. The van der Waals surface area contributed by atoms with Crippen LogP contribution in [0.4, 0.5) is 0 Å². The van der Waals surface area contributed by atoms with Crippen LogP contribution >= 0.6 is 0 Å². The number of nitrogens with zero attached hydrogens (tertiary/aromatic N) is 2.